The predicted octanol–water partition coefficient (Wildman–Crippen LogP) is 2.41. The van der Waals surface area contributed by atoms with E-state index in [0.29, 0.717) is 27.9 Å². The van der Waals surface area contributed by atoms with E-state index in [4.69, 9.17) is 11.6 Å². The summed E-state index contributed by atoms with van der Waals surface area (Å²) in [6, 6.07) is 4.90. The summed E-state index contributed by atoms with van der Waals surface area (Å²) in [5, 5.41) is 2.65. The molecule has 1 aliphatic heterocycles. The smallest absolute Gasteiger partial charge is 0.252 e. The van der Waals surface area contributed by atoms with Crippen molar-refractivity contribution in [3.63, 3.8) is 0 Å². The molecular formula is C12H13BrClNO3S. The molecule has 0 bridgehead atoms. The molecule has 1 atom stereocenters. The van der Waals surface area contributed by atoms with Crippen molar-refractivity contribution in [2.24, 2.45) is 0 Å². The van der Waals surface area contributed by atoms with Crippen LogP contribution in [0.25, 0.3) is 0 Å². The van der Waals surface area contributed by atoms with E-state index in [1.54, 1.807) is 18.2 Å². The molecule has 1 aromatic rings. The maximum absolute atomic E-state index is 12.0. The van der Waals surface area contributed by atoms with Gasteiger partial charge in [0.05, 0.1) is 16.6 Å². The van der Waals surface area contributed by atoms with E-state index in [0.717, 1.165) is 0 Å². The number of carbonyl (C=O) groups excluding carboxylic acids is 1. The van der Waals surface area contributed by atoms with Crippen LogP contribution in [0.3, 0.4) is 0 Å². The van der Waals surface area contributed by atoms with Crippen molar-refractivity contribution < 1.29 is 13.2 Å². The van der Waals surface area contributed by atoms with Gasteiger partial charge in [-0.25, -0.2) is 8.42 Å². The molecule has 0 aromatic heterocycles. The van der Waals surface area contributed by atoms with Gasteiger partial charge in [0, 0.05) is 16.0 Å². The first-order valence-corrected chi connectivity index (χ1v) is 8.73. The van der Waals surface area contributed by atoms with Crippen LogP contribution in [0.2, 0.25) is 5.02 Å². The van der Waals surface area contributed by atoms with Gasteiger partial charge in [0.1, 0.15) is 0 Å². The van der Waals surface area contributed by atoms with Gasteiger partial charge in [-0.15, -0.1) is 0 Å². The summed E-state index contributed by atoms with van der Waals surface area (Å²) in [5.41, 5.74) is 0.405. The monoisotopic (exact) mass is 365 g/mol. The molecule has 1 fully saturated rings. The van der Waals surface area contributed by atoms with Crippen LogP contribution >= 0.6 is 27.5 Å². The van der Waals surface area contributed by atoms with E-state index in [2.05, 4.69) is 21.2 Å². The lowest BCUT2D eigenvalue weighted by Gasteiger charge is -2.11. The van der Waals surface area contributed by atoms with Crippen molar-refractivity contribution in [2.75, 3.05) is 12.3 Å². The molecule has 1 saturated heterocycles. The summed E-state index contributed by atoms with van der Waals surface area (Å²) in [6.07, 6.45) is 1.28. The Hall–Kier alpha value is -0.590. The number of hydrogen-bond donors (Lipinski definition) is 1. The first-order valence-electron chi connectivity index (χ1n) is 5.85. The Morgan fingerprint density at radius 3 is 2.84 bits per heavy atom. The molecule has 1 heterocycles. The molecule has 1 unspecified atom stereocenters. The fraction of sp³-hybridized carbons (Fsp3) is 0.417. The summed E-state index contributed by atoms with van der Waals surface area (Å²) in [7, 11) is -3.04. The SMILES string of the molecule is O=C(NCC1CCCS1(=O)=O)c1cc(Cl)ccc1Br. The largest absolute Gasteiger partial charge is 0.351 e. The number of carbonyl (C=O) groups is 1. The second-order valence-electron chi connectivity index (χ2n) is 4.47. The third-order valence-electron chi connectivity index (χ3n) is 3.13. The number of hydrogen-bond acceptors (Lipinski definition) is 3. The Balaban J connectivity index is 2.04. The Morgan fingerprint density at radius 1 is 1.47 bits per heavy atom. The van der Waals surface area contributed by atoms with Gasteiger partial charge in [-0.05, 0) is 47.0 Å². The number of halogens is 2. The first kappa shape index (κ1) is 14.8. The lowest BCUT2D eigenvalue weighted by Crippen LogP contribution is -2.34. The second kappa shape index (κ2) is 5.81. The van der Waals surface area contributed by atoms with Crippen LogP contribution in [0, 0.1) is 0 Å². The molecule has 19 heavy (non-hydrogen) atoms. The van der Waals surface area contributed by atoms with E-state index in [-0.39, 0.29) is 18.2 Å². The molecule has 0 spiro atoms. The number of benzene rings is 1. The molecule has 0 radical (unpaired) electrons. The van der Waals surface area contributed by atoms with Gasteiger partial charge >= 0.3 is 0 Å². The van der Waals surface area contributed by atoms with Crippen molar-refractivity contribution in [2.45, 2.75) is 18.1 Å². The van der Waals surface area contributed by atoms with Crippen molar-refractivity contribution in [3.8, 4) is 0 Å². The zero-order valence-electron chi connectivity index (χ0n) is 10.0. The van der Waals surface area contributed by atoms with E-state index in [9.17, 15) is 13.2 Å². The molecular weight excluding hydrogens is 354 g/mol. The van der Waals surface area contributed by atoms with Crippen LogP contribution < -0.4 is 5.32 Å². The highest BCUT2D eigenvalue weighted by molar-refractivity contribution is 9.10. The van der Waals surface area contributed by atoms with Gasteiger partial charge < -0.3 is 5.32 Å². The van der Waals surface area contributed by atoms with Crippen molar-refractivity contribution in [1.29, 1.82) is 0 Å². The van der Waals surface area contributed by atoms with Gasteiger partial charge in [-0.2, -0.15) is 0 Å². The highest BCUT2D eigenvalue weighted by Crippen LogP contribution is 2.22. The van der Waals surface area contributed by atoms with Crippen LogP contribution in [0.15, 0.2) is 22.7 Å². The molecule has 0 saturated carbocycles. The third-order valence-corrected chi connectivity index (χ3v) is 6.33. The molecule has 2 rings (SSSR count). The van der Waals surface area contributed by atoms with Gasteiger partial charge in [0.15, 0.2) is 9.84 Å². The molecule has 4 nitrogen and oxygen atoms in total. The van der Waals surface area contributed by atoms with Crippen molar-refractivity contribution in [1.82, 2.24) is 5.32 Å². The van der Waals surface area contributed by atoms with Gasteiger partial charge in [-0.3, -0.25) is 4.79 Å². The summed E-state index contributed by atoms with van der Waals surface area (Å²) in [4.78, 5) is 12.0. The zero-order valence-corrected chi connectivity index (χ0v) is 13.2. The lowest BCUT2D eigenvalue weighted by atomic mass is 10.2. The predicted molar refractivity (Wildman–Crippen MR) is 78.3 cm³/mol. The summed E-state index contributed by atoms with van der Waals surface area (Å²) < 4.78 is 23.9. The van der Waals surface area contributed by atoms with Crippen molar-refractivity contribution >= 4 is 43.3 Å². The van der Waals surface area contributed by atoms with Gasteiger partial charge in [0.25, 0.3) is 5.91 Å². The maximum Gasteiger partial charge on any atom is 0.252 e. The molecule has 0 aliphatic carbocycles. The molecule has 7 heteroatoms. The number of rotatable bonds is 3. The maximum atomic E-state index is 12.0. The summed E-state index contributed by atoms with van der Waals surface area (Å²) in [5.74, 6) is -0.106. The summed E-state index contributed by atoms with van der Waals surface area (Å²) >= 11 is 9.11. The average molecular weight is 367 g/mol. The minimum atomic E-state index is -3.04. The molecule has 1 amide bonds. The normalized spacial score (nSPS) is 21.3. The van der Waals surface area contributed by atoms with Gasteiger partial charge in [-0.1, -0.05) is 11.6 Å². The van der Waals surface area contributed by atoms with Crippen LogP contribution in [0.5, 0.6) is 0 Å². The standard InChI is InChI=1S/C12H13BrClNO3S/c13-11-4-3-8(14)6-10(11)12(16)15-7-9-2-1-5-19(9,17)18/h3-4,6,9H,1-2,5,7H2,(H,15,16). The van der Waals surface area contributed by atoms with Crippen LogP contribution in [0.4, 0.5) is 0 Å². The third kappa shape index (κ3) is 3.49. The number of nitrogens with one attached hydrogen (secondary N) is 1. The topological polar surface area (TPSA) is 63.2 Å². The highest BCUT2D eigenvalue weighted by atomic mass is 79.9. The van der Waals surface area contributed by atoms with E-state index in [1.807, 2.05) is 0 Å². The quantitative estimate of drug-likeness (QED) is 0.893. The lowest BCUT2D eigenvalue weighted by molar-refractivity contribution is 0.0953. The van der Waals surface area contributed by atoms with Crippen molar-refractivity contribution in [3.05, 3.63) is 33.3 Å². The Morgan fingerprint density at radius 2 is 2.21 bits per heavy atom. The highest BCUT2D eigenvalue weighted by Gasteiger charge is 2.31. The molecule has 1 N–H and O–H groups in total. The zero-order chi connectivity index (χ0) is 14.0. The van der Waals surface area contributed by atoms with Gasteiger partial charge in [0.2, 0.25) is 0 Å². The molecule has 104 valence electrons. The summed E-state index contributed by atoms with van der Waals surface area (Å²) in [6.45, 7) is 0.153. The van der Waals surface area contributed by atoms with E-state index >= 15 is 0 Å². The fourth-order valence-electron chi connectivity index (χ4n) is 2.06. The van der Waals surface area contributed by atoms with Crippen LogP contribution in [-0.4, -0.2) is 31.9 Å². The number of sulfone groups is 1. The number of amides is 1. The van der Waals surface area contributed by atoms with E-state index < -0.39 is 15.1 Å². The fourth-order valence-corrected chi connectivity index (χ4v) is 4.42. The Kier molecular flexibility index (Phi) is 4.53. The molecule has 1 aromatic carbocycles. The Bertz CT molecular complexity index is 603. The van der Waals surface area contributed by atoms with E-state index in [1.165, 1.54) is 0 Å². The van der Waals surface area contributed by atoms with Crippen LogP contribution in [0.1, 0.15) is 23.2 Å². The average Bonchev–Trinajstić information content (AvgIpc) is 2.68. The Labute approximate surface area is 125 Å². The minimum Gasteiger partial charge on any atom is -0.351 e. The minimum absolute atomic E-state index is 0.153. The molecule has 1 aliphatic rings. The first-order chi connectivity index (χ1) is 8.90. The second-order valence-corrected chi connectivity index (χ2v) is 8.16. The van der Waals surface area contributed by atoms with Crippen LogP contribution in [-0.2, 0) is 9.84 Å².